The van der Waals surface area contributed by atoms with Crippen LogP contribution in [0.5, 0.6) is 0 Å². The first-order chi connectivity index (χ1) is 10.1. The van der Waals surface area contributed by atoms with Crippen molar-refractivity contribution >= 4 is 11.9 Å². The van der Waals surface area contributed by atoms with Gasteiger partial charge in [0.2, 0.25) is 5.91 Å². The molecule has 0 aromatic heterocycles. The Balaban J connectivity index is 1.47. The number of aromatic carboxylic acids is 1. The summed E-state index contributed by atoms with van der Waals surface area (Å²) in [4.78, 5) is 22.8. The summed E-state index contributed by atoms with van der Waals surface area (Å²) in [5.41, 5.74) is 1.29. The van der Waals surface area contributed by atoms with E-state index in [2.05, 4.69) is 5.32 Å². The second-order valence-corrected chi connectivity index (χ2v) is 6.27. The van der Waals surface area contributed by atoms with E-state index in [0.29, 0.717) is 18.9 Å². The molecule has 0 radical (unpaired) electrons. The predicted octanol–water partition coefficient (Wildman–Crippen LogP) is 2.62. The average Bonchev–Trinajstić information content (AvgIpc) is 3.36. The highest BCUT2D eigenvalue weighted by Gasteiger charge is 2.42. The minimum Gasteiger partial charge on any atom is -0.478 e. The minimum absolute atomic E-state index is 0.126. The highest BCUT2D eigenvalue weighted by molar-refractivity contribution is 5.87. The van der Waals surface area contributed by atoms with Crippen molar-refractivity contribution in [2.24, 2.45) is 11.8 Å². The summed E-state index contributed by atoms with van der Waals surface area (Å²) in [6, 6.07) is 7.16. The van der Waals surface area contributed by atoms with Crippen LogP contribution in [-0.4, -0.2) is 23.0 Å². The average molecular weight is 287 g/mol. The molecule has 2 N–H and O–H groups in total. The van der Waals surface area contributed by atoms with Gasteiger partial charge in [-0.2, -0.15) is 0 Å². The number of benzene rings is 1. The number of hydrogen-bond acceptors (Lipinski definition) is 2. The Morgan fingerprint density at radius 1 is 1.10 bits per heavy atom. The number of amides is 1. The van der Waals surface area contributed by atoms with Crippen LogP contribution in [0.2, 0.25) is 0 Å². The Morgan fingerprint density at radius 2 is 1.67 bits per heavy atom. The van der Waals surface area contributed by atoms with Gasteiger partial charge in [0, 0.05) is 12.5 Å². The molecule has 0 atom stereocenters. The maximum absolute atomic E-state index is 12.1. The second-order valence-electron chi connectivity index (χ2n) is 6.27. The molecule has 0 heterocycles. The van der Waals surface area contributed by atoms with Crippen LogP contribution >= 0.6 is 0 Å². The van der Waals surface area contributed by atoms with Crippen LogP contribution in [0.15, 0.2) is 24.3 Å². The quantitative estimate of drug-likeness (QED) is 0.810. The van der Waals surface area contributed by atoms with E-state index in [4.69, 9.17) is 5.11 Å². The van der Waals surface area contributed by atoms with E-state index >= 15 is 0 Å². The third-order valence-electron chi connectivity index (χ3n) is 4.43. The highest BCUT2D eigenvalue weighted by Crippen LogP contribution is 2.44. The number of carbonyl (C=O) groups excluding carboxylic acids is 1. The lowest BCUT2D eigenvalue weighted by Crippen LogP contribution is -2.38. The van der Waals surface area contributed by atoms with Crippen LogP contribution in [0.1, 0.15) is 48.0 Å². The summed E-state index contributed by atoms with van der Waals surface area (Å²) < 4.78 is 0. The molecule has 0 unspecified atom stereocenters. The fourth-order valence-electron chi connectivity index (χ4n) is 2.86. The van der Waals surface area contributed by atoms with Crippen LogP contribution in [0, 0.1) is 11.8 Å². The second kappa shape index (κ2) is 5.88. The van der Waals surface area contributed by atoms with Crippen molar-refractivity contribution in [3.8, 4) is 0 Å². The molecule has 1 aromatic carbocycles. The van der Waals surface area contributed by atoms with Gasteiger partial charge >= 0.3 is 5.97 Å². The maximum atomic E-state index is 12.1. The molecule has 0 spiro atoms. The number of carboxylic acids is 1. The molecule has 1 amide bonds. The molecule has 3 rings (SSSR count). The molecule has 1 aromatic rings. The van der Waals surface area contributed by atoms with Crippen LogP contribution in [0.3, 0.4) is 0 Å². The molecule has 2 aliphatic carbocycles. The van der Waals surface area contributed by atoms with Gasteiger partial charge in [0.1, 0.15) is 0 Å². The summed E-state index contributed by atoms with van der Waals surface area (Å²) in [6.07, 6.45) is 6.18. The molecule has 4 heteroatoms. The van der Waals surface area contributed by atoms with Crippen molar-refractivity contribution in [3.05, 3.63) is 35.4 Å². The summed E-state index contributed by atoms with van der Waals surface area (Å²) in [5, 5.41) is 12.1. The fraction of sp³-hybridized carbons (Fsp3) is 0.529. The number of nitrogens with one attached hydrogen (secondary N) is 1. The predicted molar refractivity (Wildman–Crippen MR) is 79.1 cm³/mol. The Morgan fingerprint density at radius 3 is 2.14 bits per heavy atom. The normalized spacial score (nSPS) is 17.8. The SMILES string of the molecule is O=C(CCc1ccc(C(=O)O)cc1)NC(C1CC1)C1CC1. The summed E-state index contributed by atoms with van der Waals surface area (Å²) >= 11 is 0. The van der Waals surface area contributed by atoms with Crippen LogP contribution < -0.4 is 5.32 Å². The first-order valence-electron chi connectivity index (χ1n) is 7.75. The highest BCUT2D eigenvalue weighted by atomic mass is 16.4. The van der Waals surface area contributed by atoms with E-state index in [-0.39, 0.29) is 11.5 Å². The summed E-state index contributed by atoms with van der Waals surface area (Å²) in [6.45, 7) is 0. The number of rotatable bonds is 7. The van der Waals surface area contributed by atoms with Crippen molar-refractivity contribution in [2.75, 3.05) is 0 Å². The van der Waals surface area contributed by atoms with Crippen LogP contribution in [0.25, 0.3) is 0 Å². The van der Waals surface area contributed by atoms with Crippen LogP contribution in [0.4, 0.5) is 0 Å². The number of carbonyl (C=O) groups is 2. The lowest BCUT2D eigenvalue weighted by molar-refractivity contribution is -0.122. The van der Waals surface area contributed by atoms with Gasteiger partial charge in [0.15, 0.2) is 0 Å². The summed E-state index contributed by atoms with van der Waals surface area (Å²) in [7, 11) is 0. The number of carboxylic acid groups (broad SMARTS) is 1. The van der Waals surface area contributed by atoms with E-state index in [0.717, 1.165) is 17.4 Å². The smallest absolute Gasteiger partial charge is 0.335 e. The lowest BCUT2D eigenvalue weighted by atomic mass is 10.1. The van der Waals surface area contributed by atoms with Gasteiger partial charge < -0.3 is 10.4 Å². The topological polar surface area (TPSA) is 66.4 Å². The Kier molecular flexibility index (Phi) is 3.95. The van der Waals surface area contributed by atoms with E-state index < -0.39 is 5.97 Å². The van der Waals surface area contributed by atoms with E-state index in [1.54, 1.807) is 24.3 Å². The molecule has 2 fully saturated rings. The molecule has 0 saturated heterocycles. The van der Waals surface area contributed by atoms with Crippen molar-refractivity contribution in [2.45, 2.75) is 44.6 Å². The van der Waals surface area contributed by atoms with Crippen molar-refractivity contribution in [3.63, 3.8) is 0 Å². The van der Waals surface area contributed by atoms with E-state index in [9.17, 15) is 9.59 Å². The standard InChI is InChI=1S/C17H21NO3/c19-15(18-16(12-6-7-12)13-8-9-13)10-3-11-1-4-14(5-2-11)17(20)21/h1-2,4-5,12-13,16H,3,6-10H2,(H,18,19)(H,20,21). The first-order valence-corrected chi connectivity index (χ1v) is 7.75. The molecule has 4 nitrogen and oxygen atoms in total. The number of hydrogen-bond donors (Lipinski definition) is 2. The van der Waals surface area contributed by atoms with E-state index in [1.807, 2.05) is 0 Å². The van der Waals surface area contributed by atoms with Crippen molar-refractivity contribution in [1.29, 1.82) is 0 Å². The van der Waals surface area contributed by atoms with Gasteiger partial charge in [-0.3, -0.25) is 4.79 Å². The monoisotopic (exact) mass is 287 g/mol. The number of aryl methyl sites for hydroxylation is 1. The van der Waals surface area contributed by atoms with Gasteiger partial charge in [0.05, 0.1) is 5.56 Å². The molecule has 21 heavy (non-hydrogen) atoms. The zero-order valence-electron chi connectivity index (χ0n) is 12.0. The van der Waals surface area contributed by atoms with Gasteiger partial charge in [-0.25, -0.2) is 4.79 Å². The fourth-order valence-corrected chi connectivity index (χ4v) is 2.86. The third-order valence-corrected chi connectivity index (χ3v) is 4.43. The third kappa shape index (κ3) is 3.84. The lowest BCUT2D eigenvalue weighted by Gasteiger charge is -2.17. The Bertz CT molecular complexity index is 517. The Labute approximate surface area is 124 Å². The molecule has 2 aliphatic rings. The maximum Gasteiger partial charge on any atom is 0.335 e. The van der Waals surface area contributed by atoms with Crippen LogP contribution in [-0.2, 0) is 11.2 Å². The van der Waals surface area contributed by atoms with Crippen molar-refractivity contribution in [1.82, 2.24) is 5.32 Å². The van der Waals surface area contributed by atoms with E-state index in [1.165, 1.54) is 25.7 Å². The minimum atomic E-state index is -0.920. The van der Waals surface area contributed by atoms with Gasteiger partial charge in [-0.1, -0.05) is 12.1 Å². The van der Waals surface area contributed by atoms with Gasteiger partial charge in [-0.15, -0.1) is 0 Å². The van der Waals surface area contributed by atoms with Gasteiger partial charge in [0.25, 0.3) is 0 Å². The van der Waals surface area contributed by atoms with Crippen molar-refractivity contribution < 1.29 is 14.7 Å². The molecule has 2 saturated carbocycles. The van der Waals surface area contributed by atoms with Gasteiger partial charge in [-0.05, 0) is 61.6 Å². The summed E-state index contributed by atoms with van der Waals surface area (Å²) in [5.74, 6) is 0.643. The molecular weight excluding hydrogens is 266 g/mol. The molecule has 112 valence electrons. The Hall–Kier alpha value is -1.84. The zero-order valence-corrected chi connectivity index (χ0v) is 12.0. The largest absolute Gasteiger partial charge is 0.478 e. The molecule has 0 bridgehead atoms. The zero-order chi connectivity index (χ0) is 14.8. The first kappa shape index (κ1) is 14.1. The molecule has 0 aliphatic heterocycles. The molecular formula is C17H21NO3.